The molecule has 0 aromatic heterocycles. The van der Waals surface area contributed by atoms with Crippen LogP contribution in [-0.2, 0) is 10.3 Å². The van der Waals surface area contributed by atoms with Crippen LogP contribution < -0.4 is 14.8 Å². The van der Waals surface area contributed by atoms with E-state index < -0.39 is 11.9 Å². The lowest BCUT2D eigenvalue weighted by molar-refractivity contribution is -0.287. The highest BCUT2D eigenvalue weighted by molar-refractivity contribution is 5.51. The van der Waals surface area contributed by atoms with Gasteiger partial charge in [0, 0.05) is 44.3 Å². The van der Waals surface area contributed by atoms with Crippen LogP contribution in [0.15, 0.2) is 18.2 Å². The van der Waals surface area contributed by atoms with E-state index in [-0.39, 0.29) is 17.4 Å². The van der Waals surface area contributed by atoms with Crippen molar-refractivity contribution in [3.05, 3.63) is 23.8 Å². The molecule has 204 valence electrons. The molecule has 1 saturated carbocycles. The van der Waals surface area contributed by atoms with Gasteiger partial charge in [-0.25, -0.2) is 0 Å². The minimum absolute atomic E-state index is 0.00848. The maximum Gasteiger partial charge on any atom is 0.586 e. The summed E-state index contributed by atoms with van der Waals surface area (Å²) < 4.78 is 42.9. The normalized spacial score (nSPS) is 25.0. The van der Waals surface area contributed by atoms with Crippen molar-refractivity contribution in [2.75, 3.05) is 40.4 Å². The Kier molecular flexibility index (Phi) is 9.47. The molecule has 0 bridgehead atoms. The first-order valence-corrected chi connectivity index (χ1v) is 13.9. The summed E-state index contributed by atoms with van der Waals surface area (Å²) in [5.74, 6) is 0.632. The summed E-state index contributed by atoms with van der Waals surface area (Å²) in [4.78, 5) is 2.54. The zero-order valence-corrected chi connectivity index (χ0v) is 21.9. The van der Waals surface area contributed by atoms with Gasteiger partial charge in [0.2, 0.25) is 0 Å². The Morgan fingerprint density at radius 1 is 1.17 bits per heavy atom. The number of aliphatic hydroxyl groups is 1. The number of para-hydroxylation sites is 1. The molecule has 0 radical (unpaired) electrons. The van der Waals surface area contributed by atoms with E-state index in [2.05, 4.69) is 10.2 Å². The summed E-state index contributed by atoms with van der Waals surface area (Å²) in [5, 5.41) is 15.7. The van der Waals surface area contributed by atoms with Crippen LogP contribution in [0.5, 0.6) is 11.5 Å². The summed E-state index contributed by atoms with van der Waals surface area (Å²) >= 11 is 0. The maximum absolute atomic E-state index is 14.0. The minimum atomic E-state index is -3.72. The summed E-state index contributed by atoms with van der Waals surface area (Å²) in [6.07, 6.45) is 7.86. The molecule has 1 aromatic carbocycles. The molecule has 1 saturated heterocycles. The molecule has 3 aliphatic rings. The number of methoxy groups -OCH3 is 1. The van der Waals surface area contributed by atoms with Crippen LogP contribution >= 0.6 is 0 Å². The Balaban J connectivity index is 1.57. The van der Waals surface area contributed by atoms with Gasteiger partial charge in [-0.2, -0.15) is 0 Å². The van der Waals surface area contributed by atoms with Gasteiger partial charge in [-0.3, -0.25) is 4.90 Å². The molecule has 6 nitrogen and oxygen atoms in total. The highest BCUT2D eigenvalue weighted by Crippen LogP contribution is 2.51. The number of likely N-dealkylation sites (tertiary alicyclic amines) is 1. The van der Waals surface area contributed by atoms with Gasteiger partial charge in [0.15, 0.2) is 11.5 Å². The zero-order chi connectivity index (χ0) is 25.6. The highest BCUT2D eigenvalue weighted by Gasteiger charge is 2.49. The first-order chi connectivity index (χ1) is 17.4. The van der Waals surface area contributed by atoms with Gasteiger partial charge in [-0.1, -0.05) is 44.2 Å². The molecule has 1 unspecified atom stereocenters. The number of benzene rings is 1. The third-order valence-corrected chi connectivity index (χ3v) is 8.47. The molecule has 2 fully saturated rings. The number of hydrogen-bond donors (Lipinski definition) is 2. The molecule has 1 aromatic rings. The van der Waals surface area contributed by atoms with E-state index in [1.165, 1.54) is 44.6 Å². The lowest BCUT2D eigenvalue weighted by Crippen LogP contribution is -2.52. The topological polar surface area (TPSA) is 63.2 Å². The maximum atomic E-state index is 14.0. The Labute approximate surface area is 214 Å². The fourth-order valence-electron chi connectivity index (χ4n) is 6.64. The number of nitrogens with zero attached hydrogens (tertiary/aromatic N) is 1. The fraction of sp³-hybridized carbons (Fsp3) is 0.786. The monoisotopic (exact) mass is 510 g/mol. The van der Waals surface area contributed by atoms with Crippen LogP contribution in [0.2, 0.25) is 0 Å². The fourth-order valence-corrected chi connectivity index (χ4v) is 6.64. The Morgan fingerprint density at radius 3 is 2.72 bits per heavy atom. The molecule has 2 heterocycles. The first kappa shape index (κ1) is 27.6. The number of nitrogens with one attached hydrogen (secondary N) is 1. The summed E-state index contributed by atoms with van der Waals surface area (Å²) in [6, 6.07) is 5.29. The van der Waals surface area contributed by atoms with Crippen molar-refractivity contribution in [3.63, 3.8) is 0 Å². The quantitative estimate of drug-likeness (QED) is 0.373. The average molecular weight is 511 g/mol. The second-order valence-electron chi connectivity index (χ2n) is 11.0. The molecular formula is C28H44F2N2O4. The van der Waals surface area contributed by atoms with Crippen LogP contribution in [0, 0.1) is 11.8 Å². The second kappa shape index (κ2) is 12.4. The van der Waals surface area contributed by atoms with Crippen LogP contribution in [0.1, 0.15) is 76.2 Å². The molecule has 0 spiro atoms. The number of likely N-dealkylation sites (N-methyl/N-ethyl adjacent to an activating group) is 1. The van der Waals surface area contributed by atoms with Crippen LogP contribution in [0.4, 0.5) is 8.78 Å². The largest absolute Gasteiger partial charge is 0.586 e. The van der Waals surface area contributed by atoms with Gasteiger partial charge in [-0.05, 0) is 64.1 Å². The number of halogens is 2. The number of ether oxygens (including phenoxy) is 3. The second-order valence-corrected chi connectivity index (χ2v) is 11.0. The van der Waals surface area contributed by atoms with Crippen molar-refractivity contribution in [2.45, 2.75) is 88.6 Å². The van der Waals surface area contributed by atoms with Crippen molar-refractivity contribution < 1.29 is 28.1 Å². The van der Waals surface area contributed by atoms with Gasteiger partial charge in [0.1, 0.15) is 0 Å². The molecule has 2 N–H and O–H groups in total. The number of rotatable bonds is 12. The highest BCUT2D eigenvalue weighted by atomic mass is 19.3. The molecule has 36 heavy (non-hydrogen) atoms. The number of piperidine rings is 1. The molecule has 0 amide bonds. The van der Waals surface area contributed by atoms with Crippen LogP contribution in [0.3, 0.4) is 0 Å². The van der Waals surface area contributed by atoms with Gasteiger partial charge >= 0.3 is 6.29 Å². The molecule has 8 heteroatoms. The van der Waals surface area contributed by atoms with E-state index in [0.717, 1.165) is 51.2 Å². The van der Waals surface area contributed by atoms with Gasteiger partial charge in [-0.15, -0.1) is 8.78 Å². The van der Waals surface area contributed by atoms with E-state index in [4.69, 9.17) is 14.2 Å². The number of hydrogen-bond acceptors (Lipinski definition) is 6. The Hall–Kier alpha value is -1.48. The van der Waals surface area contributed by atoms with Gasteiger partial charge in [0.25, 0.3) is 0 Å². The van der Waals surface area contributed by atoms with E-state index in [0.29, 0.717) is 24.6 Å². The molecule has 1 aliphatic carbocycles. The molecular weight excluding hydrogens is 466 g/mol. The smallest absolute Gasteiger partial charge is 0.395 e. The SMILES string of the molecule is CNCC(CC1CCCCC1)N1CCC[C@@H]([C@@](O)(CCCCOC)c2cccc3c2OC(F)(F)O3)C1. The Bertz CT molecular complexity index is 836. The Morgan fingerprint density at radius 2 is 1.97 bits per heavy atom. The van der Waals surface area contributed by atoms with E-state index >= 15 is 0 Å². The molecule has 3 atom stereocenters. The third kappa shape index (κ3) is 6.50. The minimum Gasteiger partial charge on any atom is -0.395 e. The van der Waals surface area contributed by atoms with Crippen LogP contribution in [0.25, 0.3) is 0 Å². The summed E-state index contributed by atoms with van der Waals surface area (Å²) in [6.45, 7) is 3.25. The van der Waals surface area contributed by atoms with Crippen molar-refractivity contribution in [1.82, 2.24) is 10.2 Å². The van der Waals surface area contributed by atoms with Crippen molar-refractivity contribution in [3.8, 4) is 11.5 Å². The predicted molar refractivity (Wildman–Crippen MR) is 135 cm³/mol. The van der Waals surface area contributed by atoms with Crippen molar-refractivity contribution >= 4 is 0 Å². The van der Waals surface area contributed by atoms with Gasteiger partial charge in [0.05, 0.1) is 5.60 Å². The number of fused-ring (bicyclic) bond motifs is 1. The third-order valence-electron chi connectivity index (χ3n) is 8.47. The van der Waals surface area contributed by atoms with Gasteiger partial charge < -0.3 is 24.6 Å². The number of unbranched alkanes of at least 4 members (excludes halogenated alkanes) is 1. The summed E-state index contributed by atoms with van der Waals surface area (Å²) in [7, 11) is 3.67. The lowest BCUT2D eigenvalue weighted by Gasteiger charge is -2.46. The summed E-state index contributed by atoms with van der Waals surface area (Å²) in [5.41, 5.74) is -0.879. The van der Waals surface area contributed by atoms with E-state index in [1.807, 2.05) is 7.05 Å². The average Bonchev–Trinajstić information content (AvgIpc) is 3.21. The van der Waals surface area contributed by atoms with E-state index in [1.54, 1.807) is 19.2 Å². The molecule has 2 aliphatic heterocycles. The van der Waals surface area contributed by atoms with Crippen molar-refractivity contribution in [1.29, 1.82) is 0 Å². The van der Waals surface area contributed by atoms with E-state index in [9.17, 15) is 13.9 Å². The predicted octanol–water partition coefficient (Wildman–Crippen LogP) is 5.28. The molecule has 4 rings (SSSR count). The van der Waals surface area contributed by atoms with Crippen molar-refractivity contribution in [2.24, 2.45) is 11.8 Å². The lowest BCUT2D eigenvalue weighted by atomic mass is 9.73. The van der Waals surface area contributed by atoms with Crippen LogP contribution in [-0.4, -0.2) is 62.7 Å². The zero-order valence-electron chi connectivity index (χ0n) is 21.9. The number of alkyl halides is 2. The standard InChI is InChI=1S/C28H44F2N2O4/c1-31-19-23(18-21-10-4-3-5-11-21)32-16-9-12-22(20-32)27(33,15-6-7-17-34-2)24-13-8-14-25-26(24)36-28(29,30)35-25/h8,13-14,21-23,31,33H,3-7,9-12,15-20H2,1-2H3/t22-,23?,27+/m1/s1. The first-order valence-electron chi connectivity index (χ1n) is 13.9.